The fraction of sp³-hybridized carbons (Fsp3) is 0.647. The summed E-state index contributed by atoms with van der Waals surface area (Å²) in [5.74, 6) is 1.84. The number of hydrogen-bond acceptors (Lipinski definition) is 6. The highest BCUT2D eigenvalue weighted by Gasteiger charge is 2.32. The summed E-state index contributed by atoms with van der Waals surface area (Å²) in [5, 5.41) is 10.7. The molecule has 2 aromatic rings. The summed E-state index contributed by atoms with van der Waals surface area (Å²) in [4.78, 5) is 14.1. The molecule has 0 amide bonds. The van der Waals surface area contributed by atoms with E-state index in [0.29, 0.717) is 0 Å². The van der Waals surface area contributed by atoms with Crippen molar-refractivity contribution in [1.29, 1.82) is 0 Å². The maximum Gasteiger partial charge on any atom is 0.141 e. The predicted molar refractivity (Wildman–Crippen MR) is 94.1 cm³/mol. The van der Waals surface area contributed by atoms with Gasteiger partial charge >= 0.3 is 0 Å². The van der Waals surface area contributed by atoms with Gasteiger partial charge < -0.3 is 15.7 Å². The lowest BCUT2D eigenvalue weighted by molar-refractivity contribution is 0.170. The monoisotopic (exact) mass is 332 g/mol. The molecule has 6 heteroatoms. The molecule has 1 aliphatic carbocycles. The van der Waals surface area contributed by atoms with Gasteiger partial charge in [-0.2, -0.15) is 0 Å². The lowest BCUT2D eigenvalue weighted by Crippen LogP contribution is -2.53. The first-order chi connectivity index (χ1) is 11.1. The van der Waals surface area contributed by atoms with Crippen molar-refractivity contribution in [3.8, 4) is 0 Å². The van der Waals surface area contributed by atoms with Gasteiger partial charge in [-0.15, -0.1) is 11.3 Å². The molecule has 2 aromatic heterocycles. The molecule has 0 aromatic carbocycles. The van der Waals surface area contributed by atoms with Crippen LogP contribution in [0.3, 0.4) is 0 Å². The quantitative estimate of drug-likeness (QED) is 0.881. The van der Waals surface area contributed by atoms with Gasteiger partial charge in [-0.1, -0.05) is 6.92 Å². The SMILES string of the molecule is CC1CCc2c(sc3ncnc(N4CCC(N)(CO)CC4)c23)C1. The van der Waals surface area contributed by atoms with E-state index in [1.807, 2.05) is 11.3 Å². The third-order valence-electron chi connectivity index (χ3n) is 5.45. The van der Waals surface area contributed by atoms with Crippen molar-refractivity contribution in [2.45, 2.75) is 44.6 Å². The highest BCUT2D eigenvalue weighted by atomic mass is 32.1. The van der Waals surface area contributed by atoms with Crippen LogP contribution < -0.4 is 10.6 Å². The Morgan fingerprint density at radius 1 is 1.39 bits per heavy atom. The molecule has 23 heavy (non-hydrogen) atoms. The molecular weight excluding hydrogens is 308 g/mol. The standard InChI is InChI=1S/C17H24N4OS/c1-11-2-3-12-13(8-11)23-16-14(12)15(19-10-20-16)21-6-4-17(18,9-22)5-7-21/h10-11,22H,2-9,18H2,1H3. The summed E-state index contributed by atoms with van der Waals surface area (Å²) in [6, 6.07) is 0. The van der Waals surface area contributed by atoms with Gasteiger partial charge in [0.05, 0.1) is 12.0 Å². The molecule has 1 atom stereocenters. The summed E-state index contributed by atoms with van der Waals surface area (Å²) in [7, 11) is 0. The zero-order chi connectivity index (χ0) is 16.0. The van der Waals surface area contributed by atoms with Crippen LogP contribution in [-0.4, -0.2) is 40.3 Å². The van der Waals surface area contributed by atoms with E-state index < -0.39 is 5.54 Å². The topological polar surface area (TPSA) is 75.3 Å². The average Bonchev–Trinajstić information content (AvgIpc) is 2.93. The summed E-state index contributed by atoms with van der Waals surface area (Å²) < 4.78 is 0. The molecule has 5 nitrogen and oxygen atoms in total. The summed E-state index contributed by atoms with van der Waals surface area (Å²) in [6.45, 7) is 4.10. The molecule has 0 radical (unpaired) electrons. The first kappa shape index (κ1) is 15.3. The number of aliphatic hydroxyl groups excluding tert-OH is 1. The smallest absolute Gasteiger partial charge is 0.141 e. The van der Waals surface area contributed by atoms with Crippen LogP contribution in [0.15, 0.2) is 6.33 Å². The van der Waals surface area contributed by atoms with Gasteiger partial charge in [0.2, 0.25) is 0 Å². The summed E-state index contributed by atoms with van der Waals surface area (Å²) >= 11 is 1.84. The van der Waals surface area contributed by atoms with E-state index in [4.69, 9.17) is 5.73 Å². The van der Waals surface area contributed by atoms with Gasteiger partial charge in [-0.05, 0) is 43.6 Å². The number of hydrogen-bond donors (Lipinski definition) is 2. The number of fused-ring (bicyclic) bond motifs is 3. The van der Waals surface area contributed by atoms with Crippen LogP contribution >= 0.6 is 11.3 Å². The molecule has 4 rings (SSSR count). The molecule has 124 valence electrons. The van der Waals surface area contributed by atoms with Gasteiger partial charge in [0.1, 0.15) is 17.0 Å². The minimum Gasteiger partial charge on any atom is -0.394 e. The zero-order valence-electron chi connectivity index (χ0n) is 13.6. The van der Waals surface area contributed by atoms with Crippen LogP contribution in [0, 0.1) is 5.92 Å². The van der Waals surface area contributed by atoms with Gasteiger partial charge in [-0.3, -0.25) is 0 Å². The van der Waals surface area contributed by atoms with E-state index in [2.05, 4.69) is 21.8 Å². The van der Waals surface area contributed by atoms with Crippen molar-refractivity contribution < 1.29 is 5.11 Å². The van der Waals surface area contributed by atoms with Crippen LogP contribution in [0.25, 0.3) is 10.2 Å². The Kier molecular flexibility index (Phi) is 3.78. The number of anilines is 1. The predicted octanol–water partition coefficient (Wildman–Crippen LogP) is 2.11. The Bertz CT molecular complexity index is 721. The lowest BCUT2D eigenvalue weighted by Gasteiger charge is -2.38. The number of piperidine rings is 1. The number of nitrogens with two attached hydrogens (primary N) is 1. The first-order valence-corrected chi connectivity index (χ1v) is 9.31. The Balaban J connectivity index is 1.71. The fourth-order valence-electron chi connectivity index (χ4n) is 3.82. The molecule has 0 saturated carbocycles. The molecule has 0 bridgehead atoms. The third-order valence-corrected chi connectivity index (χ3v) is 6.61. The Labute approximate surface area is 140 Å². The van der Waals surface area contributed by atoms with E-state index in [-0.39, 0.29) is 6.61 Å². The van der Waals surface area contributed by atoms with Crippen molar-refractivity contribution in [3.05, 3.63) is 16.8 Å². The first-order valence-electron chi connectivity index (χ1n) is 8.49. The van der Waals surface area contributed by atoms with Gasteiger partial charge in [-0.25, -0.2) is 9.97 Å². The number of thiophene rings is 1. The summed E-state index contributed by atoms with van der Waals surface area (Å²) in [6.07, 6.45) is 6.87. The normalized spacial score (nSPS) is 24.0. The summed E-state index contributed by atoms with van der Waals surface area (Å²) in [5.41, 5.74) is 7.26. The highest BCUT2D eigenvalue weighted by molar-refractivity contribution is 7.19. The van der Waals surface area contributed by atoms with Crippen molar-refractivity contribution in [2.75, 3.05) is 24.6 Å². The van der Waals surface area contributed by atoms with Crippen LogP contribution in [0.1, 0.15) is 36.6 Å². The third kappa shape index (κ3) is 2.62. The van der Waals surface area contributed by atoms with E-state index in [1.54, 1.807) is 6.33 Å². The van der Waals surface area contributed by atoms with E-state index in [9.17, 15) is 5.11 Å². The van der Waals surface area contributed by atoms with Crippen molar-refractivity contribution in [2.24, 2.45) is 11.7 Å². The van der Waals surface area contributed by atoms with E-state index in [1.165, 1.54) is 28.7 Å². The molecule has 3 N–H and O–H groups in total. The number of aromatic nitrogens is 2. The Morgan fingerprint density at radius 3 is 2.91 bits per heavy atom. The average molecular weight is 332 g/mol. The van der Waals surface area contributed by atoms with Gasteiger partial charge in [0, 0.05) is 23.5 Å². The van der Waals surface area contributed by atoms with E-state index >= 15 is 0 Å². The Hall–Kier alpha value is -1.24. The van der Waals surface area contributed by atoms with Crippen molar-refractivity contribution in [3.63, 3.8) is 0 Å². The second-order valence-electron chi connectivity index (χ2n) is 7.24. The second kappa shape index (κ2) is 5.69. The van der Waals surface area contributed by atoms with Crippen molar-refractivity contribution in [1.82, 2.24) is 9.97 Å². The molecular formula is C17H24N4OS. The molecule has 1 unspecified atom stereocenters. The van der Waals surface area contributed by atoms with Gasteiger partial charge in [0.25, 0.3) is 0 Å². The van der Waals surface area contributed by atoms with Gasteiger partial charge in [0.15, 0.2) is 0 Å². The lowest BCUT2D eigenvalue weighted by atomic mass is 9.88. The largest absolute Gasteiger partial charge is 0.394 e. The number of rotatable bonds is 2. The van der Waals surface area contributed by atoms with Crippen LogP contribution in [0.2, 0.25) is 0 Å². The van der Waals surface area contributed by atoms with Crippen LogP contribution in [0.4, 0.5) is 5.82 Å². The van der Waals surface area contributed by atoms with E-state index in [0.717, 1.165) is 48.9 Å². The molecule has 2 aliphatic rings. The maximum absolute atomic E-state index is 9.46. The number of aryl methyl sites for hydroxylation is 1. The van der Waals surface area contributed by atoms with Crippen molar-refractivity contribution >= 4 is 27.4 Å². The minimum atomic E-state index is -0.424. The Morgan fingerprint density at radius 2 is 2.17 bits per heavy atom. The molecule has 1 aliphatic heterocycles. The van der Waals surface area contributed by atoms with Crippen LogP contribution in [-0.2, 0) is 12.8 Å². The molecule has 0 spiro atoms. The molecule has 1 saturated heterocycles. The molecule has 1 fully saturated rings. The maximum atomic E-state index is 9.46. The zero-order valence-corrected chi connectivity index (χ0v) is 14.4. The number of nitrogens with zero attached hydrogens (tertiary/aromatic N) is 3. The number of aliphatic hydroxyl groups is 1. The van der Waals surface area contributed by atoms with Crippen LogP contribution in [0.5, 0.6) is 0 Å². The fourth-order valence-corrected chi connectivity index (χ4v) is 5.17. The minimum absolute atomic E-state index is 0.0613. The highest BCUT2D eigenvalue weighted by Crippen LogP contribution is 2.41. The molecule has 3 heterocycles. The second-order valence-corrected chi connectivity index (χ2v) is 8.32.